The first-order chi connectivity index (χ1) is 37.3. The molecule has 0 radical (unpaired) electrons. The van der Waals surface area contributed by atoms with Gasteiger partial charge in [0.1, 0.15) is 0 Å². The Morgan fingerprint density at radius 2 is 0.526 bits per heavy atom. The van der Waals surface area contributed by atoms with Crippen LogP contribution in [0.25, 0.3) is 0 Å². The van der Waals surface area contributed by atoms with Gasteiger partial charge in [-0.3, -0.25) is 0 Å². The first kappa shape index (κ1) is 82.2. The lowest BCUT2D eigenvalue weighted by Gasteiger charge is -2.22. The average Bonchev–Trinajstić information content (AvgIpc) is 3.78. The van der Waals surface area contributed by atoms with E-state index < -0.39 is 37.3 Å². The van der Waals surface area contributed by atoms with Crippen LogP contribution in [0.3, 0.4) is 0 Å². The van der Waals surface area contributed by atoms with Crippen molar-refractivity contribution in [2.45, 2.75) is 417 Å². The van der Waals surface area contributed by atoms with E-state index in [1.165, 1.54) is 144 Å². The van der Waals surface area contributed by atoms with Crippen LogP contribution >= 0.6 is 0 Å². The summed E-state index contributed by atoms with van der Waals surface area (Å²) in [5, 5.41) is 0. The van der Waals surface area contributed by atoms with Gasteiger partial charge in [-0.1, -0.05) is 378 Å². The molecule has 0 N–H and O–H groups in total. The minimum Gasteiger partial charge on any atom is -0.207 e. The third-order valence-electron chi connectivity index (χ3n) is 9.56. The molecule has 0 aromatic carbocycles. The molecule has 0 aromatic rings. The van der Waals surface area contributed by atoms with Crippen molar-refractivity contribution in [1.29, 1.82) is 0 Å². The monoisotopic (exact) mass is 1120 g/mol. The lowest BCUT2D eigenvalue weighted by atomic mass is 9.84. The summed E-state index contributed by atoms with van der Waals surface area (Å²) in [5.74, 6) is -1.52. The Hall–Kier alpha value is -0.280. The fraction of sp³-hybridized carbons (Fsp3) is 1.00. The van der Waals surface area contributed by atoms with Gasteiger partial charge in [-0.05, 0) is 71.5 Å². The molecular weight excluding hydrogens is 941 g/mol. The molecule has 3 aliphatic rings. The zero-order valence-electron chi connectivity index (χ0n) is 69.8. The van der Waals surface area contributed by atoms with Gasteiger partial charge in [-0.15, -0.1) is 0 Å². The van der Waals surface area contributed by atoms with Crippen LogP contribution < -0.4 is 0 Å². The maximum absolute atomic E-state index is 11.5. The zero-order valence-corrected chi connectivity index (χ0v) is 60.8. The first-order valence-corrected chi connectivity index (χ1v) is 31.5. The molecule has 0 heterocycles. The van der Waals surface area contributed by atoms with Gasteiger partial charge in [0.15, 0.2) is 0 Å². The van der Waals surface area contributed by atoms with Crippen molar-refractivity contribution >= 4 is 0 Å². The second kappa shape index (κ2) is 78.9. The minimum absolute atomic E-state index is 0.0625. The van der Waals surface area contributed by atoms with Crippen molar-refractivity contribution in [3.05, 3.63) is 0 Å². The first-order valence-electron chi connectivity index (χ1n) is 36.0. The van der Waals surface area contributed by atoms with E-state index in [0.717, 1.165) is 43.4 Å². The second-order valence-electron chi connectivity index (χ2n) is 26.3. The van der Waals surface area contributed by atoms with Crippen molar-refractivity contribution in [1.82, 2.24) is 0 Å². The Bertz CT molecular complexity index is 1030. The molecule has 0 nitrogen and oxygen atoms in total. The predicted molar refractivity (Wildman–Crippen MR) is 360 cm³/mol. The van der Waals surface area contributed by atoms with Crippen LogP contribution in [0.4, 0.5) is 17.6 Å². The van der Waals surface area contributed by atoms with E-state index in [0.29, 0.717) is 22.7 Å². The highest BCUT2D eigenvalue weighted by molar-refractivity contribution is 4.66. The summed E-state index contributed by atoms with van der Waals surface area (Å²) in [6.07, 6.45) is 21.6. The molecule has 0 atom stereocenters. The van der Waals surface area contributed by atoms with Crippen LogP contribution in [-0.2, 0) is 0 Å². The van der Waals surface area contributed by atoms with Crippen LogP contribution in [-0.4, -0.2) is 11.8 Å². The molecule has 0 aliphatic heterocycles. The van der Waals surface area contributed by atoms with Crippen LogP contribution in [0.1, 0.15) is 417 Å². The Morgan fingerprint density at radius 3 is 0.579 bits per heavy atom. The zero-order chi connectivity index (χ0) is 72.3. The van der Waals surface area contributed by atoms with Crippen molar-refractivity contribution < 1.29 is 29.9 Å². The number of alkyl halides is 4. The Kier molecular flexibility index (Phi) is 85.4. The van der Waals surface area contributed by atoms with Gasteiger partial charge in [0.05, 0.1) is 0 Å². The number of hydrogen-bond donors (Lipinski definition) is 0. The number of rotatable bonds is 3. The van der Waals surface area contributed by atoms with Crippen LogP contribution in [0.2, 0.25) is 0 Å². The van der Waals surface area contributed by atoms with Crippen LogP contribution in [0, 0.1) is 57.6 Å². The second-order valence-corrected chi connectivity index (χ2v) is 26.3. The summed E-state index contributed by atoms with van der Waals surface area (Å²) in [6.45, 7) is 72.2. The summed E-state index contributed by atoms with van der Waals surface area (Å²) in [7, 11) is 0. The van der Waals surface area contributed by atoms with E-state index in [1.807, 2.05) is 55.4 Å². The van der Waals surface area contributed by atoms with Crippen LogP contribution in [0.5, 0.6) is 0 Å². The Balaban J connectivity index is -0.0000000597. The third-order valence-corrected chi connectivity index (χ3v) is 9.56. The highest BCUT2D eigenvalue weighted by atomic mass is 19.3. The summed E-state index contributed by atoms with van der Waals surface area (Å²) in [6, 6.07) is 0. The summed E-state index contributed by atoms with van der Waals surface area (Å²) < 4.78 is 107. The highest BCUT2D eigenvalue weighted by Crippen LogP contribution is 2.27. The average molecular weight is 1120 g/mol. The fourth-order valence-electron chi connectivity index (χ4n) is 3.86. The molecular formula is C72H166F4. The van der Waals surface area contributed by atoms with E-state index in [-0.39, 0.29) is 18.7 Å². The molecule has 482 valence electrons. The fourth-order valence-corrected chi connectivity index (χ4v) is 3.86. The molecule has 4 heteroatoms. The van der Waals surface area contributed by atoms with E-state index in [1.54, 1.807) is 6.92 Å². The smallest absolute Gasteiger partial charge is 0.207 e. The molecule has 0 saturated heterocycles. The largest absolute Gasteiger partial charge is 0.245 e. The molecule has 0 aromatic heterocycles. The molecule has 0 amide bonds. The normalized spacial score (nSPS) is 18.1. The van der Waals surface area contributed by atoms with E-state index >= 15 is 0 Å². The molecule has 3 fully saturated rings. The molecule has 76 heavy (non-hydrogen) atoms. The van der Waals surface area contributed by atoms with Gasteiger partial charge in [0.25, 0.3) is 0 Å². The highest BCUT2D eigenvalue weighted by Gasteiger charge is 2.16. The molecule has 3 saturated carbocycles. The molecule has 3 aliphatic carbocycles. The van der Waals surface area contributed by atoms with Gasteiger partial charge < -0.3 is 0 Å². The molecule has 3 rings (SSSR count). The van der Waals surface area contributed by atoms with Gasteiger partial charge >= 0.3 is 0 Å². The van der Waals surface area contributed by atoms with Crippen molar-refractivity contribution in [3.8, 4) is 0 Å². The van der Waals surface area contributed by atoms with Gasteiger partial charge in [-0.2, -0.15) is 0 Å². The molecule has 0 bridgehead atoms. The lowest BCUT2D eigenvalue weighted by Crippen LogP contribution is -2.08. The summed E-state index contributed by atoms with van der Waals surface area (Å²) in [4.78, 5) is 0. The summed E-state index contributed by atoms with van der Waals surface area (Å²) >= 11 is 0. The maximum Gasteiger partial charge on any atom is 0.245 e. The number of hydrogen-bond acceptors (Lipinski definition) is 0. The van der Waals surface area contributed by atoms with E-state index in [4.69, 9.17) is 12.3 Å². The molecule has 0 unspecified atom stereocenters. The SMILES string of the molecule is CC.CC.CC(C)(C)C.CC(C)C.CC1CCC(C)CC1.CC1CCCC1.CC1CCCCC1.CCC.CCC(C)(C)C.CCC(C)(C)C.CCC(C)(F)F.CCC(C)(F)F.[2H]C(C)(C)C.[2H]C([2H])(C)C.[2H]C([2H])(C)CC.[2H]C([2H])([2H])C([2H])(C)C. The van der Waals surface area contributed by atoms with Gasteiger partial charge in [0.2, 0.25) is 11.8 Å². The van der Waals surface area contributed by atoms with Crippen molar-refractivity contribution in [2.24, 2.45) is 57.6 Å². The van der Waals surface area contributed by atoms with Crippen molar-refractivity contribution in [2.75, 3.05) is 0 Å². The van der Waals surface area contributed by atoms with Crippen molar-refractivity contribution in [3.63, 3.8) is 0 Å². The third kappa shape index (κ3) is 274. The predicted octanol–water partition coefficient (Wildman–Crippen LogP) is 30.3. The van der Waals surface area contributed by atoms with E-state index in [2.05, 4.69) is 145 Å². The quantitative estimate of drug-likeness (QED) is 0.247. The minimum atomic E-state index is -2.46. The van der Waals surface area contributed by atoms with Crippen LogP contribution in [0.15, 0.2) is 0 Å². The Labute approximate surface area is 502 Å². The van der Waals surface area contributed by atoms with Gasteiger partial charge in [-0.25, -0.2) is 17.6 Å². The standard InChI is InChI=1S/C8H16.C7H14.C6H12.2C6H14.C5H12.2C4H8F2.4C4H10.2C3H8.2C2H6/c1-7-3-5-8(2)6-4-7;1-7-5-3-2-4-6-7;1-6-4-2-3-5-6;2*1-5-6(2,3)4;1-5(2,3)4;2*1-3-4(2,5)6;3*1-4(2)3;1-3-4-2;2*1-3-2;2*1-2/h7-8H,3-6H2,1-2H3;7H,2-6H2,1H3;6H,2-5H2,1H3;2*5H2,1-4H3;1-4H3;2*3H2,1-2H3;3*4H,1-3H3;3-4H2,1-2H3;2*3H2,1-2H3;2*1-2H3/i;;;;;;;;1D3,4D;4D;;2*3D2;;;. The topological polar surface area (TPSA) is 0 Å². The number of halogens is 4. The molecule has 0 spiro atoms. The Morgan fingerprint density at radius 1 is 0.408 bits per heavy atom. The van der Waals surface area contributed by atoms with E-state index in [9.17, 15) is 17.6 Å². The van der Waals surface area contributed by atoms with Gasteiger partial charge in [0, 0.05) is 25.2 Å². The maximum atomic E-state index is 11.5. The summed E-state index contributed by atoms with van der Waals surface area (Å²) in [5.41, 5.74) is 1.58. The lowest BCUT2D eigenvalue weighted by molar-refractivity contribution is 0.0174.